The molecule has 11 nitrogen and oxygen atoms in total. The van der Waals surface area contributed by atoms with E-state index in [1.165, 1.54) is 18.2 Å². The van der Waals surface area contributed by atoms with E-state index in [1.807, 2.05) is 24.3 Å². The van der Waals surface area contributed by atoms with E-state index in [0.717, 1.165) is 6.26 Å². The summed E-state index contributed by atoms with van der Waals surface area (Å²) in [6.07, 6.45) is 7.04. The number of nitrogens with one attached hydrogen (secondary N) is 2. The van der Waals surface area contributed by atoms with Gasteiger partial charge < -0.3 is 19.9 Å². The average molecular weight is 643 g/mol. The van der Waals surface area contributed by atoms with Gasteiger partial charge in [0.25, 0.3) is 5.91 Å². The van der Waals surface area contributed by atoms with E-state index >= 15 is 4.39 Å². The maximum atomic E-state index is 16.5. The first kappa shape index (κ1) is 30.7. The largest absolute Gasteiger partial charge is 0.496 e. The molecule has 0 atom stereocenters. The van der Waals surface area contributed by atoms with Gasteiger partial charge in [-0.05, 0) is 54.0 Å². The first-order valence-electron chi connectivity index (χ1n) is 14.5. The molecule has 2 amide bonds. The molecule has 0 aliphatic carbocycles. The molecular weight excluding hydrogens is 611 g/mol. The SMILES string of the molecule is COc1ccccc1-c1cc(C2=CCCN(C(=O)CCn3ccnn3)C2)c(F)c2[nH]c(C(=O)Nc3cccc(S(C)(=O)=O)c3)cc12. The predicted octanol–water partition coefficient (Wildman–Crippen LogP) is 4.94. The smallest absolute Gasteiger partial charge is 0.272 e. The van der Waals surface area contributed by atoms with Gasteiger partial charge in [-0.2, -0.15) is 0 Å². The summed E-state index contributed by atoms with van der Waals surface area (Å²) in [4.78, 5) is 31.2. The average Bonchev–Trinajstić information content (AvgIpc) is 3.75. The summed E-state index contributed by atoms with van der Waals surface area (Å²) in [5, 5.41) is 10.8. The van der Waals surface area contributed by atoms with Gasteiger partial charge in [0.05, 0.1) is 30.3 Å². The Labute approximate surface area is 264 Å². The number of amides is 2. The number of benzene rings is 3. The number of hydrogen-bond donors (Lipinski definition) is 2. The first-order chi connectivity index (χ1) is 22.1. The normalized spacial score (nSPS) is 13.5. The van der Waals surface area contributed by atoms with Gasteiger partial charge in [0.2, 0.25) is 5.91 Å². The number of nitrogens with zero attached hydrogens (tertiary/aromatic N) is 4. The van der Waals surface area contributed by atoms with Gasteiger partial charge >= 0.3 is 0 Å². The van der Waals surface area contributed by atoms with Crippen LogP contribution < -0.4 is 10.1 Å². The van der Waals surface area contributed by atoms with E-state index in [2.05, 4.69) is 20.6 Å². The zero-order valence-corrected chi connectivity index (χ0v) is 26.0. The Morgan fingerprint density at radius 1 is 1.07 bits per heavy atom. The van der Waals surface area contributed by atoms with Crippen LogP contribution in [0.5, 0.6) is 5.75 Å². The molecule has 3 aromatic carbocycles. The van der Waals surface area contributed by atoms with E-state index in [-0.39, 0.29) is 40.7 Å². The fourth-order valence-corrected chi connectivity index (χ4v) is 6.25. The highest BCUT2D eigenvalue weighted by Crippen LogP contribution is 2.40. The number of aromatic nitrogens is 4. The lowest BCUT2D eigenvalue weighted by molar-refractivity contribution is -0.131. The second kappa shape index (κ2) is 12.6. The van der Waals surface area contributed by atoms with Crippen LogP contribution in [0.1, 0.15) is 28.9 Å². The van der Waals surface area contributed by atoms with Crippen LogP contribution in [0.25, 0.3) is 27.6 Å². The minimum atomic E-state index is -3.49. The number of fused-ring (bicyclic) bond motifs is 1. The summed E-state index contributed by atoms with van der Waals surface area (Å²) in [7, 11) is -1.94. The summed E-state index contributed by atoms with van der Waals surface area (Å²) < 4.78 is 47.7. The molecule has 0 fully saturated rings. The Kier molecular flexibility index (Phi) is 8.41. The van der Waals surface area contributed by atoms with Crippen LogP contribution in [0, 0.1) is 5.82 Å². The third-order valence-electron chi connectivity index (χ3n) is 7.89. The van der Waals surface area contributed by atoms with Crippen molar-refractivity contribution < 1.29 is 27.1 Å². The molecule has 1 aliphatic heterocycles. The number of methoxy groups -OCH3 is 1. The van der Waals surface area contributed by atoms with Gasteiger partial charge in [-0.1, -0.05) is 35.6 Å². The van der Waals surface area contributed by atoms with Gasteiger partial charge in [0.1, 0.15) is 11.4 Å². The first-order valence-corrected chi connectivity index (χ1v) is 16.4. The maximum Gasteiger partial charge on any atom is 0.272 e. The number of sulfone groups is 1. The monoisotopic (exact) mass is 642 g/mol. The third kappa shape index (κ3) is 6.26. The molecule has 46 heavy (non-hydrogen) atoms. The molecule has 13 heteroatoms. The van der Waals surface area contributed by atoms with E-state index < -0.39 is 21.6 Å². The van der Waals surface area contributed by atoms with E-state index in [0.29, 0.717) is 52.9 Å². The van der Waals surface area contributed by atoms with Crippen molar-refractivity contribution >= 4 is 43.8 Å². The van der Waals surface area contributed by atoms with Crippen LogP contribution in [0.3, 0.4) is 0 Å². The van der Waals surface area contributed by atoms with Gasteiger partial charge in [-0.3, -0.25) is 14.3 Å². The number of H-pyrrole nitrogens is 1. The van der Waals surface area contributed by atoms with Crippen molar-refractivity contribution in [2.45, 2.75) is 24.3 Å². The quantitative estimate of drug-likeness (QED) is 0.232. The summed E-state index contributed by atoms with van der Waals surface area (Å²) >= 11 is 0. The summed E-state index contributed by atoms with van der Waals surface area (Å²) in [5.74, 6) is -0.648. The number of rotatable bonds is 9. The molecule has 3 heterocycles. The van der Waals surface area contributed by atoms with Crippen molar-refractivity contribution in [2.75, 3.05) is 31.8 Å². The molecule has 0 saturated heterocycles. The fraction of sp³-hybridized carbons (Fsp3) is 0.212. The van der Waals surface area contributed by atoms with Crippen LogP contribution in [0.15, 0.2) is 84.0 Å². The predicted molar refractivity (Wildman–Crippen MR) is 172 cm³/mol. The number of carbonyl (C=O) groups is 2. The molecule has 0 radical (unpaired) electrons. The molecule has 5 aromatic rings. The number of anilines is 1. The lowest BCUT2D eigenvalue weighted by Crippen LogP contribution is -2.36. The fourth-order valence-electron chi connectivity index (χ4n) is 5.58. The third-order valence-corrected chi connectivity index (χ3v) is 9.00. The maximum absolute atomic E-state index is 16.5. The lowest BCUT2D eigenvalue weighted by Gasteiger charge is -2.28. The van der Waals surface area contributed by atoms with Crippen molar-refractivity contribution in [1.29, 1.82) is 0 Å². The highest BCUT2D eigenvalue weighted by atomic mass is 32.2. The number of aryl methyl sites for hydroxylation is 1. The number of ether oxygens (including phenoxy) is 1. The van der Waals surface area contributed by atoms with Gasteiger partial charge in [0, 0.05) is 54.2 Å². The van der Waals surface area contributed by atoms with Crippen molar-refractivity contribution in [2.24, 2.45) is 0 Å². The van der Waals surface area contributed by atoms with Crippen LogP contribution >= 0.6 is 0 Å². The summed E-state index contributed by atoms with van der Waals surface area (Å²) in [6, 6.07) is 16.5. The van der Waals surface area contributed by atoms with Crippen LogP contribution in [0.4, 0.5) is 10.1 Å². The van der Waals surface area contributed by atoms with Crippen LogP contribution in [-0.2, 0) is 21.2 Å². The number of carbonyl (C=O) groups excluding carboxylic acids is 2. The van der Waals surface area contributed by atoms with Crippen molar-refractivity contribution in [3.05, 3.63) is 96.2 Å². The Morgan fingerprint density at radius 3 is 2.65 bits per heavy atom. The van der Waals surface area contributed by atoms with Gasteiger partial charge in [0.15, 0.2) is 15.7 Å². The van der Waals surface area contributed by atoms with E-state index in [1.54, 1.807) is 53.4 Å². The Hall–Kier alpha value is -5.30. The molecule has 1 aliphatic rings. The molecule has 0 bridgehead atoms. The van der Waals surface area contributed by atoms with Crippen molar-refractivity contribution in [3.63, 3.8) is 0 Å². The molecule has 0 saturated carbocycles. The number of para-hydroxylation sites is 1. The lowest BCUT2D eigenvalue weighted by atomic mass is 9.93. The zero-order valence-electron chi connectivity index (χ0n) is 25.2. The summed E-state index contributed by atoms with van der Waals surface area (Å²) in [5.41, 5.74) is 2.75. The van der Waals surface area contributed by atoms with E-state index in [9.17, 15) is 18.0 Å². The van der Waals surface area contributed by atoms with Gasteiger partial charge in [-0.15, -0.1) is 5.10 Å². The van der Waals surface area contributed by atoms with Crippen LogP contribution in [0.2, 0.25) is 0 Å². The van der Waals surface area contributed by atoms with Crippen molar-refractivity contribution in [1.82, 2.24) is 24.9 Å². The molecular formula is C33H31FN6O5S. The number of aromatic amines is 1. The topological polar surface area (TPSA) is 139 Å². The molecule has 0 unspecified atom stereocenters. The standard InChI is InChI=1S/C33H31FN6O5S/c1-45-29-11-4-3-10-24(29)26-18-25(21-7-6-14-39(20-21)30(41)12-15-40-16-13-35-38-40)31(34)32-27(26)19-28(37-32)33(42)36-22-8-5-9-23(17-22)46(2,43)44/h3-5,7-11,13,16-19,37H,6,12,14-15,20H2,1-2H3,(H,36,42). The Morgan fingerprint density at radius 2 is 1.89 bits per heavy atom. The second-order valence-electron chi connectivity index (χ2n) is 11.0. The minimum absolute atomic E-state index is 0.0581. The van der Waals surface area contributed by atoms with Crippen LogP contribution in [-0.4, -0.2) is 71.6 Å². The molecule has 6 rings (SSSR count). The molecule has 236 valence electrons. The number of halogens is 1. The van der Waals surface area contributed by atoms with E-state index in [4.69, 9.17) is 4.74 Å². The van der Waals surface area contributed by atoms with Gasteiger partial charge in [-0.25, -0.2) is 12.8 Å². The Bertz CT molecular complexity index is 2090. The summed E-state index contributed by atoms with van der Waals surface area (Å²) in [6.45, 7) is 1.11. The van der Waals surface area contributed by atoms with Crippen molar-refractivity contribution in [3.8, 4) is 16.9 Å². The Balaban J connectivity index is 1.37. The molecule has 0 spiro atoms. The molecule has 2 N–H and O–H groups in total. The highest BCUT2D eigenvalue weighted by molar-refractivity contribution is 7.90. The molecule has 2 aromatic heterocycles. The highest BCUT2D eigenvalue weighted by Gasteiger charge is 2.25. The number of hydrogen-bond acceptors (Lipinski definition) is 7. The zero-order chi connectivity index (χ0) is 32.4. The second-order valence-corrected chi connectivity index (χ2v) is 13.0. The minimum Gasteiger partial charge on any atom is -0.496 e.